The van der Waals surface area contributed by atoms with Crippen molar-refractivity contribution in [1.29, 1.82) is 0 Å². The molecule has 2 aromatic rings. The molecule has 3 rings (SSSR count). The van der Waals surface area contributed by atoms with E-state index >= 15 is 0 Å². The summed E-state index contributed by atoms with van der Waals surface area (Å²) in [5.74, 6) is -0.809. The van der Waals surface area contributed by atoms with Crippen LogP contribution < -0.4 is 16.1 Å². The molecule has 0 unspecified atom stereocenters. The van der Waals surface area contributed by atoms with E-state index in [1.165, 1.54) is 25.5 Å². The monoisotopic (exact) mass is 356 g/mol. The normalized spacial score (nSPS) is 14.9. The molecule has 2 heterocycles. The van der Waals surface area contributed by atoms with Crippen LogP contribution in [-0.2, 0) is 4.79 Å². The van der Waals surface area contributed by atoms with E-state index in [2.05, 4.69) is 20.5 Å². The number of H-pyrrole nitrogens is 1. The second kappa shape index (κ2) is 8.62. The number of aromatic nitrogens is 1. The van der Waals surface area contributed by atoms with Crippen molar-refractivity contribution in [2.75, 3.05) is 32.7 Å². The first-order valence-corrected chi connectivity index (χ1v) is 9.03. The largest absolute Gasteiger partial charge is 0.360 e. The quantitative estimate of drug-likeness (QED) is 0.716. The highest BCUT2D eigenvalue weighted by Crippen LogP contribution is 2.07. The number of rotatable bonds is 6. The number of fused-ring (bicyclic) bond motifs is 1. The van der Waals surface area contributed by atoms with Crippen LogP contribution in [0.1, 0.15) is 29.6 Å². The average Bonchev–Trinajstić information content (AvgIpc) is 2.67. The van der Waals surface area contributed by atoms with Crippen LogP contribution in [0.4, 0.5) is 0 Å². The number of carbonyl (C=O) groups excluding carboxylic acids is 2. The number of carbonyl (C=O) groups is 2. The van der Waals surface area contributed by atoms with Gasteiger partial charge in [-0.05, 0) is 38.1 Å². The van der Waals surface area contributed by atoms with Crippen molar-refractivity contribution in [1.82, 2.24) is 20.5 Å². The number of nitrogens with zero attached hydrogens (tertiary/aromatic N) is 1. The van der Waals surface area contributed by atoms with Crippen molar-refractivity contribution in [2.45, 2.75) is 19.3 Å². The van der Waals surface area contributed by atoms with E-state index in [1.54, 1.807) is 18.2 Å². The molecule has 1 fully saturated rings. The number of para-hydroxylation sites is 1. The topological polar surface area (TPSA) is 94.3 Å². The van der Waals surface area contributed by atoms with Gasteiger partial charge < -0.3 is 20.5 Å². The summed E-state index contributed by atoms with van der Waals surface area (Å²) in [4.78, 5) is 41.7. The van der Waals surface area contributed by atoms with Crippen LogP contribution in [0.15, 0.2) is 35.3 Å². The molecule has 1 aliphatic heterocycles. The van der Waals surface area contributed by atoms with E-state index in [1.807, 2.05) is 6.07 Å². The van der Waals surface area contributed by atoms with Crippen LogP contribution in [0.2, 0.25) is 0 Å². The van der Waals surface area contributed by atoms with Gasteiger partial charge in [0.2, 0.25) is 11.3 Å². The van der Waals surface area contributed by atoms with Crippen molar-refractivity contribution >= 4 is 22.7 Å². The number of hydrogen-bond donors (Lipinski definition) is 3. The first kappa shape index (κ1) is 18.1. The second-order valence-corrected chi connectivity index (χ2v) is 6.51. The van der Waals surface area contributed by atoms with Gasteiger partial charge in [0, 0.05) is 30.2 Å². The molecule has 7 nitrogen and oxygen atoms in total. The summed E-state index contributed by atoms with van der Waals surface area (Å²) in [7, 11) is 0. The van der Waals surface area contributed by atoms with E-state index in [0.717, 1.165) is 19.6 Å². The molecule has 0 bridgehead atoms. The van der Waals surface area contributed by atoms with Gasteiger partial charge in [-0.3, -0.25) is 14.4 Å². The molecule has 138 valence electrons. The van der Waals surface area contributed by atoms with E-state index in [9.17, 15) is 14.4 Å². The molecule has 0 saturated carbocycles. The molecule has 0 spiro atoms. The number of pyridine rings is 1. The summed E-state index contributed by atoms with van der Waals surface area (Å²) in [6.07, 6.45) is 5.09. The molecule has 0 atom stereocenters. The van der Waals surface area contributed by atoms with Crippen molar-refractivity contribution in [3.05, 3.63) is 46.2 Å². The van der Waals surface area contributed by atoms with E-state index in [-0.39, 0.29) is 23.4 Å². The number of nitrogens with one attached hydrogen (secondary N) is 3. The van der Waals surface area contributed by atoms with E-state index in [4.69, 9.17) is 0 Å². The van der Waals surface area contributed by atoms with Crippen molar-refractivity contribution < 1.29 is 9.59 Å². The molecule has 0 aliphatic carbocycles. The van der Waals surface area contributed by atoms with Crippen molar-refractivity contribution in [3.8, 4) is 0 Å². The SMILES string of the molecule is O=C(CNC(=O)c1c[nH]c2ccccc2c1=O)NCCN1CCCCC1. The Balaban J connectivity index is 1.48. The lowest BCUT2D eigenvalue weighted by Crippen LogP contribution is -2.42. The van der Waals surface area contributed by atoms with Crippen molar-refractivity contribution in [3.63, 3.8) is 0 Å². The fraction of sp³-hybridized carbons (Fsp3) is 0.421. The predicted octanol–water partition coefficient (Wildman–Crippen LogP) is 0.860. The van der Waals surface area contributed by atoms with Gasteiger partial charge in [0.05, 0.1) is 6.54 Å². The molecule has 26 heavy (non-hydrogen) atoms. The summed E-state index contributed by atoms with van der Waals surface area (Å²) < 4.78 is 0. The van der Waals surface area contributed by atoms with E-state index < -0.39 is 5.91 Å². The highest BCUT2D eigenvalue weighted by Gasteiger charge is 2.14. The Morgan fingerprint density at radius 2 is 1.85 bits per heavy atom. The van der Waals surface area contributed by atoms with Gasteiger partial charge in [-0.15, -0.1) is 0 Å². The van der Waals surface area contributed by atoms with Gasteiger partial charge in [-0.25, -0.2) is 0 Å². The summed E-state index contributed by atoms with van der Waals surface area (Å²) in [5.41, 5.74) is 0.330. The number of piperidine rings is 1. The molecule has 1 aromatic carbocycles. The van der Waals surface area contributed by atoms with Crippen LogP contribution >= 0.6 is 0 Å². The Hall–Kier alpha value is -2.67. The smallest absolute Gasteiger partial charge is 0.257 e. The summed E-state index contributed by atoms with van der Waals surface area (Å²) >= 11 is 0. The fourth-order valence-electron chi connectivity index (χ4n) is 3.19. The van der Waals surface area contributed by atoms with E-state index in [0.29, 0.717) is 17.4 Å². The molecule has 0 radical (unpaired) electrons. The van der Waals surface area contributed by atoms with Crippen LogP contribution in [0, 0.1) is 0 Å². The minimum atomic E-state index is -0.553. The Morgan fingerprint density at radius 3 is 2.65 bits per heavy atom. The average molecular weight is 356 g/mol. The number of benzene rings is 1. The van der Waals surface area contributed by atoms with Gasteiger partial charge in [0.1, 0.15) is 5.56 Å². The van der Waals surface area contributed by atoms with Gasteiger partial charge in [-0.2, -0.15) is 0 Å². The Kier molecular flexibility index (Phi) is 6.01. The summed E-state index contributed by atoms with van der Waals surface area (Å²) in [6.45, 7) is 3.40. The van der Waals surface area contributed by atoms with Gasteiger partial charge in [0.25, 0.3) is 5.91 Å². The lowest BCUT2D eigenvalue weighted by molar-refractivity contribution is -0.120. The minimum absolute atomic E-state index is 0.00446. The molecular formula is C19H24N4O3. The van der Waals surface area contributed by atoms with Crippen LogP contribution in [0.3, 0.4) is 0 Å². The van der Waals surface area contributed by atoms with Crippen LogP contribution in [0.25, 0.3) is 10.9 Å². The molecule has 1 aliphatic rings. The molecular weight excluding hydrogens is 332 g/mol. The zero-order chi connectivity index (χ0) is 18.4. The van der Waals surface area contributed by atoms with Crippen LogP contribution in [0.5, 0.6) is 0 Å². The molecule has 3 N–H and O–H groups in total. The maximum atomic E-state index is 12.4. The lowest BCUT2D eigenvalue weighted by Gasteiger charge is -2.26. The zero-order valence-corrected chi connectivity index (χ0v) is 14.7. The third-order valence-electron chi connectivity index (χ3n) is 4.64. The second-order valence-electron chi connectivity index (χ2n) is 6.51. The Bertz CT molecular complexity index is 840. The highest BCUT2D eigenvalue weighted by atomic mass is 16.2. The van der Waals surface area contributed by atoms with Gasteiger partial charge >= 0.3 is 0 Å². The number of hydrogen-bond acceptors (Lipinski definition) is 4. The number of aromatic amines is 1. The number of likely N-dealkylation sites (tertiary alicyclic amines) is 1. The van der Waals surface area contributed by atoms with Gasteiger partial charge in [-0.1, -0.05) is 18.6 Å². The first-order valence-electron chi connectivity index (χ1n) is 9.03. The lowest BCUT2D eigenvalue weighted by atomic mass is 10.1. The standard InChI is InChI=1S/C19H24N4O3/c24-17(20-8-11-23-9-4-1-5-10-23)13-22-19(26)15-12-21-16-7-3-2-6-14(16)18(15)25/h2-3,6-7,12H,1,4-5,8-11,13H2,(H,20,24)(H,21,25)(H,22,26). The summed E-state index contributed by atoms with van der Waals surface area (Å²) in [6, 6.07) is 6.99. The maximum Gasteiger partial charge on any atom is 0.257 e. The third-order valence-corrected chi connectivity index (χ3v) is 4.64. The zero-order valence-electron chi connectivity index (χ0n) is 14.7. The Morgan fingerprint density at radius 1 is 1.08 bits per heavy atom. The Labute approximate surface area is 151 Å². The van der Waals surface area contributed by atoms with Crippen LogP contribution in [-0.4, -0.2) is 54.4 Å². The maximum absolute atomic E-state index is 12.4. The fourth-order valence-corrected chi connectivity index (χ4v) is 3.19. The molecule has 2 amide bonds. The molecule has 1 aromatic heterocycles. The highest BCUT2D eigenvalue weighted by molar-refractivity contribution is 5.98. The van der Waals surface area contributed by atoms with Gasteiger partial charge in [0.15, 0.2) is 0 Å². The first-order chi connectivity index (χ1) is 12.6. The summed E-state index contributed by atoms with van der Waals surface area (Å²) in [5, 5.41) is 5.76. The molecule has 7 heteroatoms. The predicted molar refractivity (Wildman–Crippen MR) is 100 cm³/mol. The molecule has 1 saturated heterocycles. The third kappa shape index (κ3) is 4.49. The van der Waals surface area contributed by atoms with Crippen molar-refractivity contribution in [2.24, 2.45) is 0 Å². The number of amides is 2. The minimum Gasteiger partial charge on any atom is -0.360 e.